The summed E-state index contributed by atoms with van der Waals surface area (Å²) in [5, 5.41) is 3.40. The lowest BCUT2D eigenvalue weighted by Gasteiger charge is -2.31. The third-order valence-corrected chi connectivity index (χ3v) is 6.99. The molecule has 1 amide bonds. The Bertz CT molecular complexity index is 1420. The average Bonchev–Trinajstić information content (AvgIpc) is 3.29. The second-order valence-electron chi connectivity index (χ2n) is 9.32. The lowest BCUT2D eigenvalue weighted by atomic mass is 9.94. The highest BCUT2D eigenvalue weighted by Gasteiger charge is 2.22. The van der Waals surface area contributed by atoms with Crippen molar-refractivity contribution in [2.45, 2.75) is 20.8 Å². The van der Waals surface area contributed by atoms with Gasteiger partial charge in [-0.1, -0.05) is 42.5 Å². The van der Waals surface area contributed by atoms with E-state index in [4.69, 9.17) is 9.15 Å². The van der Waals surface area contributed by atoms with Crippen LogP contribution in [0.4, 0.5) is 0 Å². The fourth-order valence-electron chi connectivity index (χ4n) is 4.99. The van der Waals surface area contributed by atoms with E-state index in [1.807, 2.05) is 31.9 Å². The second kappa shape index (κ2) is 9.59. The molecule has 0 bridgehead atoms. The van der Waals surface area contributed by atoms with Crippen LogP contribution in [0.1, 0.15) is 25.0 Å². The van der Waals surface area contributed by atoms with Gasteiger partial charge in [-0.25, -0.2) is 0 Å². The Balaban J connectivity index is 1.63. The maximum atomic E-state index is 13.1. The number of fused-ring (bicyclic) bond motifs is 2. The number of carbonyl (C=O) groups excluding carboxylic acids is 1. The zero-order chi connectivity index (χ0) is 24.5. The van der Waals surface area contributed by atoms with Crippen molar-refractivity contribution in [1.82, 2.24) is 9.80 Å². The van der Waals surface area contributed by atoms with Crippen molar-refractivity contribution < 1.29 is 13.9 Å². The maximum absolute atomic E-state index is 13.1. The van der Waals surface area contributed by atoms with Crippen molar-refractivity contribution in [1.29, 1.82) is 0 Å². The smallest absolute Gasteiger partial charge is 0.246 e. The molecule has 0 spiro atoms. The minimum atomic E-state index is 0.0530. The molecule has 0 unspecified atom stereocenters. The molecule has 35 heavy (non-hydrogen) atoms. The number of likely N-dealkylation sites (N-methyl/N-ethyl adjacent to an activating group) is 1. The first-order valence-electron chi connectivity index (χ1n) is 12.3. The highest BCUT2D eigenvalue weighted by atomic mass is 16.5. The Kier molecular flexibility index (Phi) is 6.35. The maximum Gasteiger partial charge on any atom is 0.246 e. The van der Waals surface area contributed by atoms with E-state index in [0.717, 1.165) is 70.7 Å². The topological polar surface area (TPSA) is 45.9 Å². The summed E-state index contributed by atoms with van der Waals surface area (Å²) in [5.41, 5.74) is 5.77. The predicted molar refractivity (Wildman–Crippen MR) is 143 cm³/mol. The van der Waals surface area contributed by atoms with Crippen LogP contribution in [-0.2, 0) is 4.79 Å². The van der Waals surface area contributed by atoms with Crippen LogP contribution in [0, 0.1) is 6.92 Å². The molecule has 0 N–H and O–H groups in total. The summed E-state index contributed by atoms with van der Waals surface area (Å²) < 4.78 is 12.2. The zero-order valence-corrected chi connectivity index (χ0v) is 20.9. The van der Waals surface area contributed by atoms with Gasteiger partial charge in [0.2, 0.25) is 5.91 Å². The molecule has 180 valence electrons. The molecule has 0 saturated carbocycles. The van der Waals surface area contributed by atoms with Crippen molar-refractivity contribution in [3.63, 3.8) is 0 Å². The highest BCUT2D eigenvalue weighted by molar-refractivity contribution is 6.07. The lowest BCUT2D eigenvalue weighted by molar-refractivity contribution is -0.127. The molecule has 5 heteroatoms. The molecule has 1 saturated heterocycles. The molecule has 5 nitrogen and oxygen atoms in total. The molecule has 3 aromatic carbocycles. The van der Waals surface area contributed by atoms with Gasteiger partial charge < -0.3 is 19.0 Å². The fraction of sp³-hybridized carbons (Fsp3) is 0.300. The van der Waals surface area contributed by atoms with E-state index in [1.165, 1.54) is 10.8 Å². The molecule has 0 radical (unpaired) electrons. The first kappa shape index (κ1) is 23.2. The van der Waals surface area contributed by atoms with Crippen LogP contribution in [0.15, 0.2) is 65.3 Å². The van der Waals surface area contributed by atoms with E-state index in [0.29, 0.717) is 6.61 Å². The number of carbonyl (C=O) groups is 1. The average molecular weight is 469 g/mol. The van der Waals surface area contributed by atoms with Gasteiger partial charge in [-0.3, -0.25) is 4.79 Å². The van der Waals surface area contributed by atoms with Crippen LogP contribution in [0.2, 0.25) is 0 Å². The van der Waals surface area contributed by atoms with Gasteiger partial charge >= 0.3 is 0 Å². The monoisotopic (exact) mass is 468 g/mol. The van der Waals surface area contributed by atoms with Crippen molar-refractivity contribution in [2.24, 2.45) is 0 Å². The van der Waals surface area contributed by atoms with Gasteiger partial charge in [0.25, 0.3) is 0 Å². The van der Waals surface area contributed by atoms with Crippen LogP contribution in [0.5, 0.6) is 5.75 Å². The molecule has 2 heterocycles. The Hall–Kier alpha value is -3.57. The summed E-state index contributed by atoms with van der Waals surface area (Å²) in [4.78, 5) is 17.2. The molecule has 4 aromatic rings. The minimum absolute atomic E-state index is 0.0530. The van der Waals surface area contributed by atoms with Crippen LogP contribution >= 0.6 is 0 Å². The van der Waals surface area contributed by atoms with Gasteiger partial charge in [-0.2, -0.15) is 0 Å². The van der Waals surface area contributed by atoms with Gasteiger partial charge in [0, 0.05) is 54.3 Å². The summed E-state index contributed by atoms with van der Waals surface area (Å²) in [6.07, 6.45) is 3.60. The molecule has 1 aromatic heterocycles. The SMILES string of the molecule is CCOc1c(/C(C)=C/C(=O)N2CCN(C)CC2)cc2c(-c3cccc4ccccc34)coc2c1C. The van der Waals surface area contributed by atoms with Crippen molar-refractivity contribution in [2.75, 3.05) is 39.8 Å². The molecular formula is C30H32N2O3. The fourth-order valence-corrected chi connectivity index (χ4v) is 4.99. The minimum Gasteiger partial charge on any atom is -0.493 e. The molecule has 1 aliphatic rings. The highest BCUT2D eigenvalue weighted by Crippen LogP contribution is 2.42. The molecule has 0 atom stereocenters. The molecular weight excluding hydrogens is 436 g/mol. The van der Waals surface area contributed by atoms with E-state index in [2.05, 4.69) is 60.5 Å². The van der Waals surface area contributed by atoms with E-state index in [9.17, 15) is 4.79 Å². The number of allylic oxidation sites excluding steroid dienone is 1. The van der Waals surface area contributed by atoms with E-state index in [1.54, 1.807) is 6.08 Å². The molecule has 0 aliphatic carbocycles. The molecule has 5 rings (SSSR count). The van der Waals surface area contributed by atoms with Gasteiger partial charge in [0.15, 0.2) is 0 Å². The number of aryl methyl sites for hydroxylation is 1. The van der Waals surface area contributed by atoms with Crippen molar-refractivity contribution in [3.8, 4) is 16.9 Å². The number of furan rings is 1. The van der Waals surface area contributed by atoms with Gasteiger partial charge in [-0.05, 0) is 55.8 Å². The Morgan fingerprint density at radius 3 is 2.54 bits per heavy atom. The second-order valence-corrected chi connectivity index (χ2v) is 9.32. The summed E-state index contributed by atoms with van der Waals surface area (Å²) in [7, 11) is 2.09. The zero-order valence-electron chi connectivity index (χ0n) is 20.9. The quantitative estimate of drug-likeness (QED) is 0.330. The van der Waals surface area contributed by atoms with Crippen LogP contribution in [0.3, 0.4) is 0 Å². The molecule has 1 aliphatic heterocycles. The normalized spacial score (nSPS) is 15.2. The van der Waals surface area contributed by atoms with Crippen LogP contribution in [0.25, 0.3) is 38.4 Å². The number of rotatable bonds is 5. The lowest BCUT2D eigenvalue weighted by Crippen LogP contribution is -2.46. The first-order chi connectivity index (χ1) is 17.0. The number of ether oxygens (including phenoxy) is 1. The number of benzene rings is 3. The Morgan fingerprint density at radius 2 is 1.77 bits per heavy atom. The van der Waals surface area contributed by atoms with Gasteiger partial charge in [-0.15, -0.1) is 0 Å². The van der Waals surface area contributed by atoms with Crippen LogP contribution < -0.4 is 4.74 Å². The predicted octanol–water partition coefficient (Wildman–Crippen LogP) is 6.14. The number of amides is 1. The Morgan fingerprint density at radius 1 is 1.03 bits per heavy atom. The summed E-state index contributed by atoms with van der Waals surface area (Å²) in [6, 6.07) is 16.9. The van der Waals surface area contributed by atoms with E-state index < -0.39 is 0 Å². The summed E-state index contributed by atoms with van der Waals surface area (Å²) >= 11 is 0. The number of hydrogen-bond acceptors (Lipinski definition) is 4. The number of hydrogen-bond donors (Lipinski definition) is 0. The van der Waals surface area contributed by atoms with Crippen LogP contribution in [-0.4, -0.2) is 55.5 Å². The van der Waals surface area contributed by atoms with Gasteiger partial charge in [0.05, 0.1) is 12.9 Å². The van der Waals surface area contributed by atoms with Crippen molar-refractivity contribution >= 4 is 33.2 Å². The van der Waals surface area contributed by atoms with Gasteiger partial charge in [0.1, 0.15) is 11.3 Å². The number of piperazine rings is 1. The Labute approximate surface area is 206 Å². The summed E-state index contributed by atoms with van der Waals surface area (Å²) in [5.74, 6) is 0.830. The van der Waals surface area contributed by atoms with E-state index in [-0.39, 0.29) is 5.91 Å². The van der Waals surface area contributed by atoms with E-state index >= 15 is 0 Å². The third kappa shape index (κ3) is 4.32. The standard InChI is InChI=1S/C30H32N2O3/c1-5-34-29-21(3)30-26(18-25(29)20(2)17-28(33)32-15-13-31(4)14-16-32)27(19-35-30)24-12-8-10-22-9-6-7-11-23(22)24/h6-12,17-19H,5,13-16H2,1-4H3/b20-17+. The first-order valence-corrected chi connectivity index (χ1v) is 12.3. The number of nitrogens with zero attached hydrogens (tertiary/aromatic N) is 2. The third-order valence-electron chi connectivity index (χ3n) is 6.99. The molecule has 1 fully saturated rings. The largest absolute Gasteiger partial charge is 0.493 e. The summed E-state index contributed by atoms with van der Waals surface area (Å²) in [6.45, 7) is 9.85. The van der Waals surface area contributed by atoms with Crippen molar-refractivity contribution in [3.05, 3.63) is 72.0 Å².